The number of aliphatic imine (C=N–C) groups is 1. The Balaban J connectivity index is 0.00000243. The highest BCUT2D eigenvalue weighted by molar-refractivity contribution is 14.0. The number of anilines is 1. The van der Waals surface area contributed by atoms with Crippen LogP contribution in [0, 0.1) is 5.41 Å². The molecule has 1 aliphatic heterocycles. The summed E-state index contributed by atoms with van der Waals surface area (Å²) in [6.07, 6.45) is 5.31. The lowest BCUT2D eigenvalue weighted by molar-refractivity contribution is 0.122. The lowest BCUT2D eigenvalue weighted by atomic mass is 9.67. The Kier molecular flexibility index (Phi) is 8.47. The first-order valence-electron chi connectivity index (χ1n) is 9.61. The number of halogens is 1. The third-order valence-corrected chi connectivity index (χ3v) is 5.79. The SMILES string of the molecule is CCC1(CNC(=NC)NCc2ccc(N3CCOCC3)cc2)CCC1.I. The van der Waals surface area contributed by atoms with Crippen molar-refractivity contribution in [3.63, 3.8) is 0 Å². The Hall–Kier alpha value is -1.02. The van der Waals surface area contributed by atoms with Crippen molar-refractivity contribution in [3.05, 3.63) is 29.8 Å². The van der Waals surface area contributed by atoms with Gasteiger partial charge in [0.2, 0.25) is 0 Å². The second kappa shape index (κ2) is 10.3. The molecule has 0 bridgehead atoms. The average molecular weight is 472 g/mol. The lowest BCUT2D eigenvalue weighted by Gasteiger charge is -2.41. The number of guanidine groups is 1. The summed E-state index contributed by atoms with van der Waals surface area (Å²) < 4.78 is 5.42. The van der Waals surface area contributed by atoms with Gasteiger partial charge in [-0.25, -0.2) is 0 Å². The zero-order valence-corrected chi connectivity index (χ0v) is 18.4. The van der Waals surface area contributed by atoms with Crippen molar-refractivity contribution in [2.24, 2.45) is 10.4 Å². The van der Waals surface area contributed by atoms with E-state index in [1.807, 2.05) is 7.05 Å². The molecule has 1 saturated carbocycles. The van der Waals surface area contributed by atoms with Crippen molar-refractivity contribution in [2.75, 3.05) is 44.8 Å². The fourth-order valence-corrected chi connectivity index (χ4v) is 3.66. The summed E-state index contributed by atoms with van der Waals surface area (Å²) in [5.41, 5.74) is 3.05. The topological polar surface area (TPSA) is 48.9 Å². The number of morpholine rings is 1. The Morgan fingerprint density at radius 1 is 1.15 bits per heavy atom. The average Bonchev–Trinajstić information content (AvgIpc) is 2.65. The van der Waals surface area contributed by atoms with Gasteiger partial charge < -0.3 is 20.3 Å². The van der Waals surface area contributed by atoms with Crippen molar-refractivity contribution in [1.29, 1.82) is 0 Å². The van der Waals surface area contributed by atoms with Gasteiger partial charge in [0.1, 0.15) is 0 Å². The van der Waals surface area contributed by atoms with Gasteiger partial charge >= 0.3 is 0 Å². The number of nitrogens with zero attached hydrogens (tertiary/aromatic N) is 2. The van der Waals surface area contributed by atoms with Gasteiger partial charge in [-0.3, -0.25) is 4.99 Å². The molecule has 0 amide bonds. The van der Waals surface area contributed by atoms with Gasteiger partial charge in [0.25, 0.3) is 0 Å². The number of ether oxygens (including phenoxy) is 1. The molecule has 0 radical (unpaired) electrons. The summed E-state index contributed by atoms with van der Waals surface area (Å²) in [7, 11) is 1.84. The Morgan fingerprint density at radius 3 is 2.38 bits per heavy atom. The number of nitrogens with one attached hydrogen (secondary N) is 2. The number of hydrogen-bond donors (Lipinski definition) is 2. The second-order valence-electron chi connectivity index (χ2n) is 7.25. The van der Waals surface area contributed by atoms with E-state index in [-0.39, 0.29) is 24.0 Å². The molecule has 1 aliphatic carbocycles. The normalized spacial score (nSPS) is 19.3. The molecule has 0 aromatic heterocycles. The van der Waals surface area contributed by atoms with E-state index in [4.69, 9.17) is 4.74 Å². The fourth-order valence-electron chi connectivity index (χ4n) is 3.66. The third-order valence-electron chi connectivity index (χ3n) is 5.79. The molecule has 2 aliphatic rings. The Bertz CT molecular complexity index is 560. The van der Waals surface area contributed by atoms with Crippen LogP contribution in [0.4, 0.5) is 5.69 Å². The maximum Gasteiger partial charge on any atom is 0.191 e. The first-order chi connectivity index (χ1) is 12.2. The van der Waals surface area contributed by atoms with E-state index in [0.717, 1.165) is 45.4 Å². The molecule has 26 heavy (non-hydrogen) atoms. The molecule has 5 nitrogen and oxygen atoms in total. The molecule has 146 valence electrons. The van der Waals surface area contributed by atoms with Crippen molar-refractivity contribution in [2.45, 2.75) is 39.2 Å². The molecule has 2 N–H and O–H groups in total. The Morgan fingerprint density at radius 2 is 1.85 bits per heavy atom. The zero-order chi connectivity index (χ0) is 17.5. The van der Waals surface area contributed by atoms with Crippen LogP contribution in [0.2, 0.25) is 0 Å². The van der Waals surface area contributed by atoms with Crippen molar-refractivity contribution < 1.29 is 4.74 Å². The molecular weight excluding hydrogens is 439 g/mol. The maximum absolute atomic E-state index is 5.42. The summed E-state index contributed by atoms with van der Waals surface area (Å²) in [6, 6.07) is 8.81. The van der Waals surface area contributed by atoms with Crippen molar-refractivity contribution in [3.8, 4) is 0 Å². The standard InChI is InChI=1S/C20H32N4O.HI/c1-3-20(9-4-10-20)16-23-19(21-2)22-15-17-5-7-18(8-6-17)24-11-13-25-14-12-24;/h5-8H,3-4,9-16H2,1-2H3,(H2,21,22,23);1H. The summed E-state index contributed by atoms with van der Waals surface area (Å²) >= 11 is 0. The summed E-state index contributed by atoms with van der Waals surface area (Å²) in [4.78, 5) is 6.74. The minimum atomic E-state index is 0. The highest BCUT2D eigenvalue weighted by Crippen LogP contribution is 2.42. The molecule has 0 spiro atoms. The van der Waals surface area contributed by atoms with E-state index in [9.17, 15) is 0 Å². The maximum atomic E-state index is 5.42. The minimum Gasteiger partial charge on any atom is -0.378 e. The molecule has 1 saturated heterocycles. The molecule has 6 heteroatoms. The largest absolute Gasteiger partial charge is 0.378 e. The van der Waals surface area contributed by atoms with E-state index >= 15 is 0 Å². The van der Waals surface area contributed by atoms with Crippen LogP contribution in [0.25, 0.3) is 0 Å². The van der Waals surface area contributed by atoms with Crippen LogP contribution in [-0.4, -0.2) is 45.9 Å². The van der Waals surface area contributed by atoms with E-state index in [1.54, 1.807) is 0 Å². The second-order valence-corrected chi connectivity index (χ2v) is 7.25. The van der Waals surface area contributed by atoms with E-state index in [2.05, 4.69) is 51.7 Å². The van der Waals surface area contributed by atoms with Crippen LogP contribution in [-0.2, 0) is 11.3 Å². The summed E-state index contributed by atoms with van der Waals surface area (Å²) in [5, 5.41) is 6.95. The fraction of sp³-hybridized carbons (Fsp3) is 0.650. The van der Waals surface area contributed by atoms with Crippen LogP contribution in [0.1, 0.15) is 38.2 Å². The zero-order valence-electron chi connectivity index (χ0n) is 16.1. The van der Waals surface area contributed by atoms with Crippen LogP contribution < -0.4 is 15.5 Å². The molecule has 2 fully saturated rings. The summed E-state index contributed by atoms with van der Waals surface area (Å²) in [5.74, 6) is 0.900. The molecule has 3 rings (SSSR count). The lowest BCUT2D eigenvalue weighted by Crippen LogP contribution is -2.46. The summed E-state index contributed by atoms with van der Waals surface area (Å²) in [6.45, 7) is 7.73. The van der Waals surface area contributed by atoms with Gasteiger partial charge in [-0.2, -0.15) is 0 Å². The number of benzene rings is 1. The third kappa shape index (κ3) is 5.49. The molecule has 1 heterocycles. The first-order valence-corrected chi connectivity index (χ1v) is 9.61. The Labute approximate surface area is 175 Å². The monoisotopic (exact) mass is 472 g/mol. The van der Waals surface area contributed by atoms with Crippen LogP contribution in [0.5, 0.6) is 0 Å². The quantitative estimate of drug-likeness (QED) is 0.379. The van der Waals surface area contributed by atoms with Crippen molar-refractivity contribution in [1.82, 2.24) is 10.6 Å². The van der Waals surface area contributed by atoms with Gasteiger partial charge in [0.05, 0.1) is 13.2 Å². The number of rotatable bonds is 6. The highest BCUT2D eigenvalue weighted by Gasteiger charge is 2.34. The predicted molar refractivity (Wildman–Crippen MR) is 120 cm³/mol. The van der Waals surface area contributed by atoms with Crippen LogP contribution >= 0.6 is 24.0 Å². The molecule has 1 aromatic carbocycles. The molecular formula is C20H33IN4O. The molecule has 1 aromatic rings. The van der Waals surface area contributed by atoms with E-state index in [0.29, 0.717) is 5.41 Å². The smallest absolute Gasteiger partial charge is 0.191 e. The van der Waals surface area contributed by atoms with Gasteiger partial charge in [0.15, 0.2) is 5.96 Å². The van der Waals surface area contributed by atoms with Crippen LogP contribution in [0.15, 0.2) is 29.3 Å². The van der Waals surface area contributed by atoms with E-state index in [1.165, 1.54) is 36.9 Å². The van der Waals surface area contributed by atoms with Crippen molar-refractivity contribution >= 4 is 35.6 Å². The van der Waals surface area contributed by atoms with Gasteiger partial charge in [-0.05, 0) is 42.4 Å². The van der Waals surface area contributed by atoms with Gasteiger partial charge in [-0.15, -0.1) is 24.0 Å². The molecule has 0 atom stereocenters. The first kappa shape index (κ1) is 21.3. The van der Waals surface area contributed by atoms with Gasteiger partial charge in [-0.1, -0.05) is 25.5 Å². The minimum absolute atomic E-state index is 0. The highest BCUT2D eigenvalue weighted by atomic mass is 127. The number of hydrogen-bond acceptors (Lipinski definition) is 3. The van der Waals surface area contributed by atoms with Gasteiger partial charge in [0, 0.05) is 38.9 Å². The van der Waals surface area contributed by atoms with E-state index < -0.39 is 0 Å². The van der Waals surface area contributed by atoms with Crippen LogP contribution in [0.3, 0.4) is 0 Å². The predicted octanol–water partition coefficient (Wildman–Crippen LogP) is 3.39. The molecule has 0 unspecified atom stereocenters.